The molecule has 0 unspecified atom stereocenters. The second-order valence-corrected chi connectivity index (χ2v) is 4.57. The van der Waals surface area contributed by atoms with Crippen LogP contribution in [0.25, 0.3) is 0 Å². The Balaban J connectivity index is 3.82. The Bertz CT molecular complexity index is 191. The van der Waals surface area contributed by atoms with E-state index in [2.05, 4.69) is 24.1 Å². The summed E-state index contributed by atoms with van der Waals surface area (Å²) in [6.45, 7) is 11.6. The number of alkyl halides is 1. The smallest absolute Gasteiger partial charge is 0.226 e. The SMILES string of the molecule is CCN(CC)CCNC(=O)C(C)(C)CCl. The summed E-state index contributed by atoms with van der Waals surface area (Å²) < 4.78 is 0. The molecule has 15 heavy (non-hydrogen) atoms. The third-order valence-corrected chi connectivity index (χ3v) is 3.22. The van der Waals surface area contributed by atoms with Crippen molar-refractivity contribution in [1.29, 1.82) is 0 Å². The largest absolute Gasteiger partial charge is 0.354 e. The van der Waals surface area contributed by atoms with Crippen molar-refractivity contribution in [3.05, 3.63) is 0 Å². The first kappa shape index (κ1) is 14.7. The molecule has 0 aromatic carbocycles. The summed E-state index contributed by atoms with van der Waals surface area (Å²) in [4.78, 5) is 13.9. The van der Waals surface area contributed by atoms with E-state index in [9.17, 15) is 4.79 Å². The van der Waals surface area contributed by atoms with Crippen LogP contribution < -0.4 is 5.32 Å². The van der Waals surface area contributed by atoms with Gasteiger partial charge in [-0.1, -0.05) is 13.8 Å². The number of nitrogens with zero attached hydrogens (tertiary/aromatic N) is 1. The number of hydrogen-bond acceptors (Lipinski definition) is 2. The van der Waals surface area contributed by atoms with Crippen LogP contribution in [0.1, 0.15) is 27.7 Å². The molecule has 0 saturated carbocycles. The molecule has 0 saturated heterocycles. The molecule has 0 heterocycles. The fraction of sp³-hybridized carbons (Fsp3) is 0.909. The van der Waals surface area contributed by atoms with Crippen molar-refractivity contribution in [3.8, 4) is 0 Å². The monoisotopic (exact) mass is 234 g/mol. The molecule has 0 aliphatic carbocycles. The molecule has 0 bridgehead atoms. The predicted molar refractivity (Wildman–Crippen MR) is 65.3 cm³/mol. The van der Waals surface area contributed by atoms with Crippen LogP contribution in [0.4, 0.5) is 0 Å². The molecular weight excluding hydrogens is 212 g/mol. The van der Waals surface area contributed by atoms with Gasteiger partial charge in [0.2, 0.25) is 5.91 Å². The highest BCUT2D eigenvalue weighted by molar-refractivity contribution is 6.19. The minimum Gasteiger partial charge on any atom is -0.354 e. The zero-order valence-electron chi connectivity index (χ0n) is 10.3. The van der Waals surface area contributed by atoms with E-state index in [0.29, 0.717) is 12.4 Å². The molecule has 1 amide bonds. The minimum absolute atomic E-state index is 0.0321. The third kappa shape index (κ3) is 5.38. The van der Waals surface area contributed by atoms with E-state index < -0.39 is 5.41 Å². The number of amides is 1. The van der Waals surface area contributed by atoms with E-state index in [4.69, 9.17) is 11.6 Å². The highest BCUT2D eigenvalue weighted by atomic mass is 35.5. The zero-order valence-corrected chi connectivity index (χ0v) is 11.0. The van der Waals surface area contributed by atoms with Crippen LogP contribution in [0.5, 0.6) is 0 Å². The van der Waals surface area contributed by atoms with E-state index in [-0.39, 0.29) is 5.91 Å². The average molecular weight is 235 g/mol. The molecule has 0 aliphatic rings. The van der Waals surface area contributed by atoms with Gasteiger partial charge in [-0.3, -0.25) is 4.79 Å². The lowest BCUT2D eigenvalue weighted by Gasteiger charge is -2.22. The average Bonchev–Trinajstić information content (AvgIpc) is 2.24. The summed E-state index contributed by atoms with van der Waals surface area (Å²) in [5.41, 5.74) is -0.467. The fourth-order valence-electron chi connectivity index (χ4n) is 1.17. The second kappa shape index (κ2) is 7.07. The van der Waals surface area contributed by atoms with Crippen LogP contribution in [0.2, 0.25) is 0 Å². The van der Waals surface area contributed by atoms with Crippen molar-refractivity contribution in [2.24, 2.45) is 5.41 Å². The minimum atomic E-state index is -0.467. The Labute approximate surface area is 98.2 Å². The maximum Gasteiger partial charge on any atom is 0.226 e. The van der Waals surface area contributed by atoms with Crippen molar-refractivity contribution in [1.82, 2.24) is 10.2 Å². The first-order valence-electron chi connectivity index (χ1n) is 5.54. The standard InChI is InChI=1S/C11H23ClN2O/c1-5-14(6-2)8-7-13-10(15)11(3,4)9-12/h5-9H2,1-4H3,(H,13,15). The molecule has 0 rings (SSSR count). The van der Waals surface area contributed by atoms with Crippen LogP contribution in [0, 0.1) is 5.41 Å². The Morgan fingerprint density at radius 2 is 1.87 bits per heavy atom. The molecule has 0 aromatic rings. The van der Waals surface area contributed by atoms with Gasteiger partial charge in [0.1, 0.15) is 0 Å². The number of likely N-dealkylation sites (N-methyl/N-ethyl adjacent to an activating group) is 1. The van der Waals surface area contributed by atoms with Crippen molar-refractivity contribution < 1.29 is 4.79 Å². The number of hydrogen-bond donors (Lipinski definition) is 1. The van der Waals surface area contributed by atoms with E-state index in [1.54, 1.807) is 0 Å². The molecule has 90 valence electrons. The van der Waals surface area contributed by atoms with Crippen molar-refractivity contribution >= 4 is 17.5 Å². The molecule has 0 aliphatic heterocycles. The van der Waals surface area contributed by atoms with Crippen LogP contribution in [0.15, 0.2) is 0 Å². The molecule has 0 aromatic heterocycles. The van der Waals surface area contributed by atoms with Crippen molar-refractivity contribution in [2.75, 3.05) is 32.1 Å². The fourth-order valence-corrected chi connectivity index (χ4v) is 1.29. The van der Waals surface area contributed by atoms with Gasteiger partial charge in [-0.05, 0) is 26.9 Å². The summed E-state index contributed by atoms with van der Waals surface area (Å²) >= 11 is 5.71. The zero-order chi connectivity index (χ0) is 11.9. The number of nitrogens with one attached hydrogen (secondary N) is 1. The Morgan fingerprint density at radius 3 is 2.27 bits per heavy atom. The maximum atomic E-state index is 11.6. The lowest BCUT2D eigenvalue weighted by atomic mass is 9.95. The number of carbonyl (C=O) groups is 1. The third-order valence-electron chi connectivity index (χ3n) is 2.56. The molecular formula is C11H23ClN2O. The Hall–Kier alpha value is -0.280. The summed E-state index contributed by atoms with van der Waals surface area (Å²) in [5, 5.41) is 2.91. The van der Waals surface area contributed by atoms with Crippen molar-refractivity contribution in [2.45, 2.75) is 27.7 Å². The van der Waals surface area contributed by atoms with Gasteiger partial charge in [0, 0.05) is 19.0 Å². The molecule has 4 heteroatoms. The van der Waals surface area contributed by atoms with Crippen LogP contribution in [-0.2, 0) is 4.79 Å². The lowest BCUT2D eigenvalue weighted by molar-refractivity contribution is -0.128. The first-order chi connectivity index (χ1) is 6.97. The molecule has 0 fully saturated rings. The van der Waals surface area contributed by atoms with Crippen LogP contribution in [0.3, 0.4) is 0 Å². The normalized spacial score (nSPS) is 11.9. The van der Waals surface area contributed by atoms with E-state index in [0.717, 1.165) is 19.6 Å². The van der Waals surface area contributed by atoms with Gasteiger partial charge >= 0.3 is 0 Å². The Morgan fingerprint density at radius 1 is 1.33 bits per heavy atom. The summed E-state index contributed by atoms with van der Waals surface area (Å²) in [6.07, 6.45) is 0. The Kier molecular flexibility index (Phi) is 6.94. The molecule has 0 spiro atoms. The van der Waals surface area contributed by atoms with Crippen LogP contribution in [-0.4, -0.2) is 42.9 Å². The molecule has 0 atom stereocenters. The van der Waals surface area contributed by atoms with Gasteiger partial charge in [-0.15, -0.1) is 11.6 Å². The van der Waals surface area contributed by atoms with Gasteiger partial charge in [0.15, 0.2) is 0 Å². The first-order valence-corrected chi connectivity index (χ1v) is 6.08. The molecule has 0 radical (unpaired) electrons. The lowest BCUT2D eigenvalue weighted by Crippen LogP contribution is -2.42. The molecule has 3 nitrogen and oxygen atoms in total. The second-order valence-electron chi connectivity index (χ2n) is 4.30. The summed E-state index contributed by atoms with van der Waals surface area (Å²) in [7, 11) is 0. The van der Waals surface area contributed by atoms with Crippen LogP contribution >= 0.6 is 11.6 Å². The van der Waals surface area contributed by atoms with E-state index in [1.807, 2.05) is 13.8 Å². The van der Waals surface area contributed by atoms with Gasteiger partial charge in [0.25, 0.3) is 0 Å². The predicted octanol–water partition coefficient (Wildman–Crippen LogP) is 1.71. The van der Waals surface area contributed by atoms with Gasteiger partial charge < -0.3 is 10.2 Å². The summed E-state index contributed by atoms with van der Waals surface area (Å²) in [6, 6.07) is 0. The molecule has 1 N–H and O–H groups in total. The highest BCUT2D eigenvalue weighted by Gasteiger charge is 2.25. The van der Waals surface area contributed by atoms with E-state index in [1.165, 1.54) is 0 Å². The summed E-state index contributed by atoms with van der Waals surface area (Å²) in [5.74, 6) is 0.383. The van der Waals surface area contributed by atoms with Gasteiger partial charge in [-0.25, -0.2) is 0 Å². The van der Waals surface area contributed by atoms with Gasteiger partial charge in [-0.2, -0.15) is 0 Å². The highest BCUT2D eigenvalue weighted by Crippen LogP contribution is 2.16. The number of halogens is 1. The maximum absolute atomic E-state index is 11.6. The van der Waals surface area contributed by atoms with E-state index >= 15 is 0 Å². The number of rotatable bonds is 7. The van der Waals surface area contributed by atoms with Crippen molar-refractivity contribution in [3.63, 3.8) is 0 Å². The topological polar surface area (TPSA) is 32.3 Å². The number of carbonyl (C=O) groups excluding carboxylic acids is 1. The van der Waals surface area contributed by atoms with Gasteiger partial charge in [0.05, 0.1) is 5.41 Å². The quantitative estimate of drug-likeness (QED) is 0.681.